The Morgan fingerprint density at radius 3 is 2.94 bits per heavy atom. The van der Waals surface area contributed by atoms with Gasteiger partial charge >= 0.3 is 5.69 Å². The lowest BCUT2D eigenvalue weighted by Gasteiger charge is -2.31. The molecule has 0 amide bonds. The lowest BCUT2D eigenvalue weighted by molar-refractivity contribution is -0.153. The molecule has 0 aromatic carbocycles. The second-order valence-corrected chi connectivity index (χ2v) is 3.78. The zero-order chi connectivity index (χ0) is 12.6. The number of ether oxygens (including phenoxy) is 1. The highest BCUT2D eigenvalue weighted by atomic mass is 19.1. The number of nitrogen functional groups attached to an aromatic ring is 1. The van der Waals surface area contributed by atoms with Crippen molar-refractivity contribution >= 4 is 5.82 Å². The summed E-state index contributed by atoms with van der Waals surface area (Å²) in [4.78, 5) is 15.0. The molecule has 17 heavy (non-hydrogen) atoms. The Bertz CT molecular complexity index is 480. The van der Waals surface area contributed by atoms with E-state index in [1.807, 2.05) is 0 Å². The normalized spacial score (nSPS) is 32.9. The topological polar surface area (TPSA) is 111 Å². The number of aliphatic hydroxyl groups excluding tert-OH is 2. The van der Waals surface area contributed by atoms with Gasteiger partial charge in [-0.25, -0.2) is 9.18 Å². The summed E-state index contributed by atoms with van der Waals surface area (Å²) in [5, 5.41) is 19.0. The van der Waals surface area contributed by atoms with E-state index in [0.717, 1.165) is 4.57 Å². The second-order valence-electron chi connectivity index (χ2n) is 3.78. The van der Waals surface area contributed by atoms with Crippen LogP contribution in [0, 0.1) is 0 Å². The van der Waals surface area contributed by atoms with Crippen LogP contribution in [0.25, 0.3) is 0 Å². The van der Waals surface area contributed by atoms with Gasteiger partial charge in [0, 0.05) is 6.20 Å². The van der Waals surface area contributed by atoms with Crippen molar-refractivity contribution in [1.29, 1.82) is 0 Å². The van der Waals surface area contributed by atoms with Gasteiger partial charge in [-0.05, 0) is 6.07 Å². The van der Waals surface area contributed by atoms with E-state index in [0.29, 0.717) is 0 Å². The van der Waals surface area contributed by atoms with E-state index >= 15 is 0 Å². The third kappa shape index (κ3) is 1.70. The Hall–Kier alpha value is -1.51. The first-order valence-corrected chi connectivity index (χ1v) is 4.94. The van der Waals surface area contributed by atoms with E-state index in [4.69, 9.17) is 10.5 Å². The van der Waals surface area contributed by atoms with Crippen LogP contribution in [0.1, 0.15) is 0 Å². The molecule has 1 aromatic rings. The second kappa shape index (κ2) is 4.06. The van der Waals surface area contributed by atoms with Crippen molar-refractivity contribution in [2.45, 2.75) is 18.0 Å². The van der Waals surface area contributed by atoms with E-state index in [9.17, 15) is 19.4 Å². The molecule has 0 aliphatic carbocycles. The molecule has 3 atom stereocenters. The van der Waals surface area contributed by atoms with Crippen molar-refractivity contribution < 1.29 is 19.3 Å². The van der Waals surface area contributed by atoms with Crippen LogP contribution in [0.4, 0.5) is 10.2 Å². The smallest absolute Gasteiger partial charge is 0.352 e. The van der Waals surface area contributed by atoms with Gasteiger partial charge in [-0.15, -0.1) is 0 Å². The van der Waals surface area contributed by atoms with E-state index in [1.165, 1.54) is 12.3 Å². The van der Waals surface area contributed by atoms with Crippen molar-refractivity contribution in [2.75, 3.05) is 18.9 Å². The molecule has 0 spiro atoms. The Morgan fingerprint density at radius 2 is 2.47 bits per heavy atom. The number of aliphatic hydroxyl groups is 2. The molecule has 7 nitrogen and oxygen atoms in total. The van der Waals surface area contributed by atoms with Crippen LogP contribution in [0.5, 0.6) is 0 Å². The quantitative estimate of drug-likeness (QED) is 0.567. The first-order chi connectivity index (χ1) is 8.01. The monoisotopic (exact) mass is 245 g/mol. The Morgan fingerprint density at radius 1 is 1.76 bits per heavy atom. The van der Waals surface area contributed by atoms with Crippen LogP contribution in [-0.2, 0) is 10.5 Å². The highest BCUT2D eigenvalue weighted by Crippen LogP contribution is 2.31. The first-order valence-electron chi connectivity index (χ1n) is 4.94. The number of alkyl halides is 1. The van der Waals surface area contributed by atoms with Gasteiger partial charge in [0.25, 0.3) is 0 Å². The van der Waals surface area contributed by atoms with Crippen molar-refractivity contribution in [2.24, 2.45) is 0 Å². The third-order valence-electron chi connectivity index (χ3n) is 2.76. The van der Waals surface area contributed by atoms with E-state index in [1.54, 1.807) is 0 Å². The lowest BCUT2D eigenvalue weighted by Crippen LogP contribution is -2.52. The summed E-state index contributed by atoms with van der Waals surface area (Å²) in [5.74, 6) is -0.0105. The molecule has 2 heterocycles. The van der Waals surface area contributed by atoms with Crippen molar-refractivity contribution in [3.8, 4) is 0 Å². The van der Waals surface area contributed by atoms with Crippen molar-refractivity contribution in [1.82, 2.24) is 9.55 Å². The standard InChI is InChI=1S/C9H12FN3O4/c10-5-3-17-9(4-14,7(5)15)13-2-1-6(11)12-8(13)16/h1-2,5,7,14-15H,3-4H2,(H2,11,12,16)/t5-,7-,9-/m0/s1. The highest BCUT2D eigenvalue weighted by molar-refractivity contribution is 5.24. The van der Waals surface area contributed by atoms with Gasteiger partial charge < -0.3 is 20.7 Å². The predicted molar refractivity (Wildman–Crippen MR) is 54.8 cm³/mol. The van der Waals surface area contributed by atoms with Gasteiger partial charge in [0.2, 0.25) is 5.72 Å². The number of anilines is 1. The number of nitrogens with zero attached hydrogens (tertiary/aromatic N) is 2. The summed E-state index contributed by atoms with van der Waals surface area (Å²) in [7, 11) is 0. The zero-order valence-corrected chi connectivity index (χ0v) is 8.78. The van der Waals surface area contributed by atoms with Crippen molar-refractivity contribution in [3.05, 3.63) is 22.7 Å². The minimum absolute atomic E-state index is 0.0105. The van der Waals surface area contributed by atoms with Crippen molar-refractivity contribution in [3.63, 3.8) is 0 Å². The maximum atomic E-state index is 13.2. The van der Waals surface area contributed by atoms with E-state index in [-0.39, 0.29) is 5.82 Å². The molecular formula is C9H12FN3O4. The molecule has 8 heteroatoms. The van der Waals surface area contributed by atoms with Gasteiger partial charge in [-0.1, -0.05) is 0 Å². The van der Waals surface area contributed by atoms with Crippen LogP contribution in [0.3, 0.4) is 0 Å². The molecule has 1 fully saturated rings. The molecule has 0 bridgehead atoms. The molecule has 0 unspecified atom stereocenters. The number of hydrogen-bond acceptors (Lipinski definition) is 6. The molecule has 2 rings (SSSR count). The minimum atomic E-state index is -1.84. The fourth-order valence-corrected chi connectivity index (χ4v) is 1.81. The molecule has 0 radical (unpaired) electrons. The van der Waals surface area contributed by atoms with Gasteiger partial charge in [0.1, 0.15) is 11.9 Å². The van der Waals surface area contributed by atoms with Gasteiger partial charge in [0.15, 0.2) is 6.17 Å². The summed E-state index contributed by atoms with van der Waals surface area (Å²) in [6, 6.07) is 1.29. The molecule has 0 saturated carbocycles. The predicted octanol–water partition coefficient (Wildman–Crippen LogP) is -1.80. The number of aromatic nitrogens is 2. The first kappa shape index (κ1) is 12.0. The summed E-state index contributed by atoms with van der Waals surface area (Å²) in [5.41, 5.74) is 2.65. The maximum absolute atomic E-state index is 13.2. The molecule has 1 aliphatic heterocycles. The van der Waals surface area contributed by atoms with E-state index in [2.05, 4.69) is 4.98 Å². The Balaban J connectivity index is 2.53. The van der Waals surface area contributed by atoms with Crippen LogP contribution in [0.15, 0.2) is 17.1 Å². The van der Waals surface area contributed by atoms with Gasteiger partial charge in [0.05, 0.1) is 13.2 Å². The number of halogens is 1. The summed E-state index contributed by atoms with van der Waals surface area (Å²) >= 11 is 0. The highest BCUT2D eigenvalue weighted by Gasteiger charge is 2.51. The molecule has 1 aliphatic rings. The van der Waals surface area contributed by atoms with Crippen LogP contribution in [0.2, 0.25) is 0 Å². The molecule has 1 saturated heterocycles. The zero-order valence-electron chi connectivity index (χ0n) is 8.78. The Kier molecular flexibility index (Phi) is 2.86. The molecule has 4 N–H and O–H groups in total. The molecule has 94 valence electrons. The largest absolute Gasteiger partial charge is 0.391 e. The fourth-order valence-electron chi connectivity index (χ4n) is 1.81. The number of rotatable bonds is 2. The maximum Gasteiger partial charge on any atom is 0.352 e. The summed E-state index contributed by atoms with van der Waals surface area (Å²) in [6.07, 6.45) is -2.12. The number of nitrogens with two attached hydrogens (primary N) is 1. The Labute approximate surface area is 95.3 Å². The summed E-state index contributed by atoms with van der Waals surface area (Å²) < 4.78 is 19.1. The number of hydrogen-bond donors (Lipinski definition) is 3. The van der Waals surface area contributed by atoms with Gasteiger partial charge in [-0.2, -0.15) is 4.98 Å². The van der Waals surface area contributed by atoms with Crippen LogP contribution < -0.4 is 11.4 Å². The SMILES string of the molecule is Nc1ccn([C@@]2(CO)OC[C@H](F)[C@@H]2O)c(=O)n1. The lowest BCUT2D eigenvalue weighted by atomic mass is 10.1. The molecular weight excluding hydrogens is 233 g/mol. The fraction of sp³-hybridized carbons (Fsp3) is 0.556. The van der Waals surface area contributed by atoms with Crippen LogP contribution >= 0.6 is 0 Å². The minimum Gasteiger partial charge on any atom is -0.391 e. The van der Waals surface area contributed by atoms with E-state index < -0.39 is 36.9 Å². The summed E-state index contributed by atoms with van der Waals surface area (Å²) in [6.45, 7) is -1.15. The third-order valence-corrected chi connectivity index (χ3v) is 2.76. The average Bonchev–Trinajstić information content (AvgIpc) is 2.58. The average molecular weight is 245 g/mol. The molecule has 1 aromatic heterocycles. The van der Waals surface area contributed by atoms with Gasteiger partial charge in [-0.3, -0.25) is 4.57 Å². The van der Waals surface area contributed by atoms with Crippen LogP contribution in [-0.4, -0.2) is 45.3 Å².